The van der Waals surface area contributed by atoms with Crippen LogP contribution in [0.1, 0.15) is 55.5 Å². The number of aryl methyl sites for hydroxylation is 1. The fourth-order valence-corrected chi connectivity index (χ4v) is 10.7. The highest BCUT2D eigenvalue weighted by atomic mass is 32.1. The van der Waals surface area contributed by atoms with Crippen LogP contribution in [0.3, 0.4) is 0 Å². The summed E-state index contributed by atoms with van der Waals surface area (Å²) >= 11 is 2.02. The molecule has 33 heavy (non-hydrogen) atoms. The summed E-state index contributed by atoms with van der Waals surface area (Å²) in [7, 11) is -1.84. The van der Waals surface area contributed by atoms with Gasteiger partial charge in [-0.15, -0.1) is 11.3 Å². The van der Waals surface area contributed by atoms with Gasteiger partial charge >= 0.3 is 0 Å². The van der Waals surface area contributed by atoms with E-state index in [9.17, 15) is 0 Å². The molecule has 0 nitrogen and oxygen atoms in total. The summed E-state index contributed by atoms with van der Waals surface area (Å²) in [6, 6.07) is 33.9. The standard InChI is InChI=1S/C31H36PS/c1-3-5-16-26-25-33-31(30(26)23-6-4-2)24-32(27-17-10-7-11-18-27,28-19-12-8-13-20-28)29-21-14-9-15-22-29/h7-15,17-22,25H,3-6,16,23-24H2,1-2H3/q+1. The predicted molar refractivity (Wildman–Crippen MR) is 150 cm³/mol. The highest BCUT2D eigenvalue weighted by Crippen LogP contribution is 2.59. The van der Waals surface area contributed by atoms with Gasteiger partial charge in [0.05, 0.1) is 0 Å². The van der Waals surface area contributed by atoms with Crippen molar-refractivity contribution in [2.75, 3.05) is 0 Å². The number of benzene rings is 3. The highest BCUT2D eigenvalue weighted by molar-refractivity contribution is 7.95. The molecule has 0 unspecified atom stereocenters. The van der Waals surface area contributed by atoms with Crippen LogP contribution < -0.4 is 15.9 Å². The Hall–Kier alpha value is -2.21. The fourth-order valence-electron chi connectivity index (χ4n) is 4.81. The average molecular weight is 472 g/mol. The average Bonchev–Trinajstić information content (AvgIpc) is 3.27. The van der Waals surface area contributed by atoms with Crippen molar-refractivity contribution in [3.05, 3.63) is 112 Å². The summed E-state index contributed by atoms with van der Waals surface area (Å²) < 4.78 is 0. The smallest absolute Gasteiger partial charge is 0.117 e. The van der Waals surface area contributed by atoms with Gasteiger partial charge in [0.25, 0.3) is 0 Å². The van der Waals surface area contributed by atoms with Crippen molar-refractivity contribution < 1.29 is 0 Å². The van der Waals surface area contributed by atoms with Crippen LogP contribution in [0.4, 0.5) is 0 Å². The molecule has 0 saturated carbocycles. The zero-order valence-electron chi connectivity index (χ0n) is 20.0. The molecule has 4 aromatic rings. The molecule has 4 rings (SSSR count). The van der Waals surface area contributed by atoms with Gasteiger partial charge in [-0.2, -0.15) is 0 Å². The van der Waals surface area contributed by atoms with Crippen molar-refractivity contribution in [3.63, 3.8) is 0 Å². The van der Waals surface area contributed by atoms with Gasteiger partial charge in [0.1, 0.15) is 29.3 Å². The lowest BCUT2D eigenvalue weighted by Crippen LogP contribution is -2.32. The van der Waals surface area contributed by atoms with Crippen LogP contribution in [0.2, 0.25) is 0 Å². The minimum absolute atomic E-state index is 1.11. The first-order chi connectivity index (χ1) is 16.3. The van der Waals surface area contributed by atoms with Crippen LogP contribution in [0, 0.1) is 0 Å². The summed E-state index contributed by atoms with van der Waals surface area (Å²) in [4.78, 5) is 1.61. The molecule has 0 spiro atoms. The first kappa shape index (κ1) is 23.9. The minimum atomic E-state index is -1.84. The molecule has 0 aliphatic carbocycles. The third-order valence-corrected chi connectivity index (χ3v) is 12.2. The van der Waals surface area contributed by atoms with E-state index in [1.54, 1.807) is 16.0 Å². The second-order valence-electron chi connectivity index (χ2n) is 8.84. The topological polar surface area (TPSA) is 0 Å². The van der Waals surface area contributed by atoms with Crippen molar-refractivity contribution in [2.24, 2.45) is 0 Å². The fraction of sp³-hybridized carbons (Fsp3) is 0.290. The van der Waals surface area contributed by atoms with Crippen molar-refractivity contribution in [3.8, 4) is 0 Å². The molecule has 0 aliphatic rings. The third-order valence-electron chi connectivity index (χ3n) is 6.62. The summed E-state index contributed by atoms with van der Waals surface area (Å²) in [5, 5.41) is 6.91. The van der Waals surface area contributed by atoms with E-state index >= 15 is 0 Å². The molecule has 0 N–H and O–H groups in total. The van der Waals surface area contributed by atoms with Gasteiger partial charge in [0, 0.05) is 4.88 Å². The van der Waals surface area contributed by atoms with Crippen molar-refractivity contribution in [2.45, 2.75) is 58.5 Å². The Morgan fingerprint density at radius 1 is 0.606 bits per heavy atom. The SMILES string of the molecule is CCCCc1csc(C[P+](c2ccccc2)(c2ccccc2)c2ccccc2)c1CCCC. The highest BCUT2D eigenvalue weighted by Gasteiger charge is 2.46. The van der Waals surface area contributed by atoms with Gasteiger partial charge in [0.15, 0.2) is 0 Å². The zero-order valence-corrected chi connectivity index (χ0v) is 21.8. The molecule has 170 valence electrons. The van der Waals surface area contributed by atoms with E-state index in [0.717, 1.165) is 6.16 Å². The molecular formula is C31H36PS+. The maximum atomic E-state index is 2.48. The number of thiophene rings is 1. The molecular weight excluding hydrogens is 435 g/mol. The Bertz CT molecular complexity index is 1000. The van der Waals surface area contributed by atoms with E-state index in [0.29, 0.717) is 0 Å². The second-order valence-corrected chi connectivity index (χ2v) is 13.3. The number of unbranched alkanes of at least 4 members (excludes halogenated alkanes) is 2. The Morgan fingerprint density at radius 2 is 1.06 bits per heavy atom. The molecule has 0 aliphatic heterocycles. The summed E-state index contributed by atoms with van der Waals surface area (Å²) in [5.41, 5.74) is 3.26. The first-order valence-corrected chi connectivity index (χ1v) is 15.3. The molecule has 0 atom stereocenters. The summed E-state index contributed by atoms with van der Waals surface area (Å²) in [6.45, 7) is 4.61. The molecule has 0 saturated heterocycles. The third kappa shape index (κ3) is 5.32. The number of hydrogen-bond donors (Lipinski definition) is 0. The Balaban J connectivity index is 1.91. The van der Waals surface area contributed by atoms with E-state index in [1.165, 1.54) is 54.4 Å². The molecule has 1 heterocycles. The van der Waals surface area contributed by atoms with E-state index in [-0.39, 0.29) is 0 Å². The predicted octanol–water partition coefficient (Wildman–Crippen LogP) is 7.93. The zero-order chi connectivity index (χ0) is 22.9. The van der Waals surface area contributed by atoms with E-state index < -0.39 is 7.26 Å². The van der Waals surface area contributed by atoms with Crippen molar-refractivity contribution in [1.29, 1.82) is 0 Å². The molecule has 0 fully saturated rings. The normalized spacial score (nSPS) is 11.6. The van der Waals surface area contributed by atoms with Crippen LogP contribution in [0.25, 0.3) is 0 Å². The lowest BCUT2D eigenvalue weighted by molar-refractivity contribution is 0.759. The van der Waals surface area contributed by atoms with Crippen LogP contribution >= 0.6 is 18.6 Å². The van der Waals surface area contributed by atoms with Crippen molar-refractivity contribution >= 4 is 34.5 Å². The van der Waals surface area contributed by atoms with Crippen LogP contribution in [0.5, 0.6) is 0 Å². The van der Waals surface area contributed by atoms with E-state index in [2.05, 4.69) is 110 Å². The van der Waals surface area contributed by atoms with Gasteiger partial charge in [-0.05, 0) is 78.6 Å². The number of rotatable bonds is 11. The minimum Gasteiger partial charge on any atom is -0.144 e. The monoisotopic (exact) mass is 471 g/mol. The first-order valence-electron chi connectivity index (χ1n) is 12.4. The molecule has 3 aromatic carbocycles. The Morgan fingerprint density at radius 3 is 1.52 bits per heavy atom. The molecule has 0 bridgehead atoms. The van der Waals surface area contributed by atoms with Crippen molar-refractivity contribution in [1.82, 2.24) is 0 Å². The Kier molecular flexibility index (Phi) is 8.54. The maximum Gasteiger partial charge on any atom is 0.117 e. The Labute approximate surface area is 205 Å². The molecule has 0 radical (unpaired) electrons. The van der Waals surface area contributed by atoms with Crippen LogP contribution in [-0.4, -0.2) is 0 Å². The van der Waals surface area contributed by atoms with Gasteiger partial charge in [-0.3, -0.25) is 0 Å². The van der Waals surface area contributed by atoms with Crippen LogP contribution in [-0.2, 0) is 19.0 Å². The van der Waals surface area contributed by atoms with E-state index in [1.807, 2.05) is 11.3 Å². The van der Waals surface area contributed by atoms with Gasteiger partial charge in [-0.25, -0.2) is 0 Å². The lowest BCUT2D eigenvalue weighted by atomic mass is 10.0. The molecule has 1 aromatic heterocycles. The second kappa shape index (κ2) is 11.8. The van der Waals surface area contributed by atoms with E-state index in [4.69, 9.17) is 0 Å². The van der Waals surface area contributed by atoms with Gasteiger partial charge < -0.3 is 0 Å². The maximum absolute atomic E-state index is 2.48. The largest absolute Gasteiger partial charge is 0.144 e. The number of hydrogen-bond acceptors (Lipinski definition) is 1. The quantitative estimate of drug-likeness (QED) is 0.195. The molecule has 0 amide bonds. The molecule has 2 heteroatoms. The van der Waals surface area contributed by atoms with Crippen LogP contribution in [0.15, 0.2) is 96.4 Å². The van der Waals surface area contributed by atoms with Gasteiger partial charge in [0.2, 0.25) is 0 Å². The lowest BCUT2D eigenvalue weighted by Gasteiger charge is -2.28. The summed E-state index contributed by atoms with van der Waals surface area (Å²) in [5.74, 6) is 0. The summed E-state index contributed by atoms with van der Waals surface area (Å²) in [6.07, 6.45) is 8.61. The van der Waals surface area contributed by atoms with Gasteiger partial charge in [-0.1, -0.05) is 81.3 Å².